The van der Waals surface area contributed by atoms with E-state index >= 15 is 0 Å². The van der Waals surface area contributed by atoms with Gasteiger partial charge in [0, 0.05) is 44.0 Å². The first kappa shape index (κ1) is 17.7. The number of amides is 1. The normalized spacial score (nSPS) is 17.1. The van der Waals surface area contributed by atoms with Gasteiger partial charge in [-0.05, 0) is 60.9 Å². The molecule has 2 aliphatic rings. The molecule has 1 N–H and O–H groups in total. The van der Waals surface area contributed by atoms with Gasteiger partial charge in [-0.1, -0.05) is 30.3 Å². The molecule has 0 atom stereocenters. The van der Waals surface area contributed by atoms with E-state index in [9.17, 15) is 4.79 Å². The van der Waals surface area contributed by atoms with Gasteiger partial charge in [0.05, 0.1) is 0 Å². The maximum Gasteiger partial charge on any atom is 0.224 e. The minimum Gasteiger partial charge on any atom is -0.374 e. The molecule has 2 aliphatic heterocycles. The number of benzene rings is 2. The molecule has 0 bridgehead atoms. The van der Waals surface area contributed by atoms with E-state index in [0.717, 1.165) is 44.7 Å². The lowest BCUT2D eigenvalue weighted by molar-refractivity contribution is -0.116. The molecule has 0 radical (unpaired) electrons. The predicted molar refractivity (Wildman–Crippen MR) is 111 cm³/mol. The minimum atomic E-state index is 0.125. The summed E-state index contributed by atoms with van der Waals surface area (Å²) in [6.07, 6.45) is 6.87. The number of hydrogen-bond donors (Lipinski definition) is 1. The summed E-state index contributed by atoms with van der Waals surface area (Å²) in [5.74, 6) is 0.125. The highest BCUT2D eigenvalue weighted by atomic mass is 16.1. The van der Waals surface area contributed by atoms with Crippen molar-refractivity contribution in [2.45, 2.75) is 26.2 Å². The zero-order valence-electron chi connectivity index (χ0n) is 15.9. The van der Waals surface area contributed by atoms with Crippen molar-refractivity contribution in [1.29, 1.82) is 0 Å². The molecule has 0 aliphatic carbocycles. The summed E-state index contributed by atoms with van der Waals surface area (Å²) in [6.45, 7) is 6.39. The number of fused-ring (bicyclic) bond motifs is 1. The number of hydrogen-bond acceptors (Lipinski definition) is 3. The molecule has 2 aromatic carbocycles. The summed E-state index contributed by atoms with van der Waals surface area (Å²) >= 11 is 0. The van der Waals surface area contributed by atoms with Crippen LogP contribution in [0.2, 0.25) is 0 Å². The lowest BCUT2D eigenvalue weighted by Crippen LogP contribution is -2.44. The van der Waals surface area contributed by atoms with Gasteiger partial charge < -0.3 is 15.1 Å². The highest BCUT2D eigenvalue weighted by Crippen LogP contribution is 2.24. The highest BCUT2D eigenvalue weighted by molar-refractivity contribution is 5.93. The molecule has 0 spiro atoms. The van der Waals surface area contributed by atoms with Gasteiger partial charge in [0.25, 0.3) is 0 Å². The number of anilines is 2. The Morgan fingerprint density at radius 1 is 1.04 bits per heavy atom. The quantitative estimate of drug-likeness (QED) is 0.901. The van der Waals surface area contributed by atoms with Gasteiger partial charge in [-0.25, -0.2) is 0 Å². The largest absolute Gasteiger partial charge is 0.374 e. The van der Waals surface area contributed by atoms with Crippen LogP contribution in [0.1, 0.15) is 23.1 Å². The van der Waals surface area contributed by atoms with Crippen molar-refractivity contribution in [2.75, 3.05) is 36.4 Å². The van der Waals surface area contributed by atoms with E-state index in [1.54, 1.807) is 0 Å². The smallest absolute Gasteiger partial charge is 0.224 e. The second-order valence-corrected chi connectivity index (χ2v) is 7.49. The number of carbonyl (C=O) groups is 1. The van der Waals surface area contributed by atoms with Crippen LogP contribution < -0.4 is 10.2 Å². The van der Waals surface area contributed by atoms with Crippen LogP contribution in [-0.2, 0) is 17.6 Å². The number of piperazine rings is 1. The van der Waals surface area contributed by atoms with E-state index in [4.69, 9.17) is 0 Å². The predicted octanol–water partition coefficient (Wildman–Crippen LogP) is 3.76. The average Bonchev–Trinajstić information content (AvgIpc) is 2.68. The Labute approximate surface area is 161 Å². The van der Waals surface area contributed by atoms with E-state index in [0.29, 0.717) is 6.42 Å². The zero-order chi connectivity index (χ0) is 18.6. The molecular weight excluding hydrogens is 334 g/mol. The maximum atomic E-state index is 11.5. The Hall–Kier alpha value is -2.75. The van der Waals surface area contributed by atoms with Gasteiger partial charge in [0.15, 0.2) is 0 Å². The van der Waals surface area contributed by atoms with E-state index in [-0.39, 0.29) is 5.91 Å². The van der Waals surface area contributed by atoms with Crippen molar-refractivity contribution >= 4 is 17.3 Å². The van der Waals surface area contributed by atoms with Crippen LogP contribution in [0.4, 0.5) is 11.4 Å². The number of nitrogens with zero attached hydrogens (tertiary/aromatic N) is 2. The molecule has 0 saturated carbocycles. The Morgan fingerprint density at radius 3 is 2.70 bits per heavy atom. The van der Waals surface area contributed by atoms with Crippen LogP contribution in [0.15, 0.2) is 54.7 Å². The average molecular weight is 361 g/mol. The van der Waals surface area contributed by atoms with E-state index in [1.165, 1.54) is 22.4 Å². The standard InChI is InChI=1S/C23H27N3O/c1-18-4-2-6-21(16-18)26-14-12-25(13-15-26)11-3-5-19-7-9-22-20(17-19)8-10-23(27)24-22/h2-4,6-7,9,11,16-17H,5,8,10,12-15H2,1H3,(H,24,27)/b11-3+. The van der Waals surface area contributed by atoms with Crippen molar-refractivity contribution in [1.82, 2.24) is 4.90 Å². The molecule has 1 amide bonds. The fourth-order valence-corrected chi connectivity index (χ4v) is 3.86. The molecule has 0 unspecified atom stereocenters. The minimum absolute atomic E-state index is 0.125. The first-order chi connectivity index (χ1) is 13.2. The molecule has 2 heterocycles. The molecule has 4 rings (SSSR count). The lowest BCUT2D eigenvalue weighted by atomic mass is 9.99. The molecule has 27 heavy (non-hydrogen) atoms. The Kier molecular flexibility index (Phi) is 5.14. The van der Waals surface area contributed by atoms with Gasteiger partial charge in [-0.15, -0.1) is 0 Å². The third-order valence-electron chi connectivity index (χ3n) is 5.42. The van der Waals surface area contributed by atoms with E-state index in [1.807, 2.05) is 6.07 Å². The van der Waals surface area contributed by atoms with Gasteiger partial charge in [0.2, 0.25) is 5.91 Å². The van der Waals surface area contributed by atoms with Crippen molar-refractivity contribution in [3.8, 4) is 0 Å². The number of nitrogens with one attached hydrogen (secondary N) is 1. The third kappa shape index (κ3) is 4.33. The molecule has 1 saturated heterocycles. The van der Waals surface area contributed by atoms with Crippen LogP contribution in [-0.4, -0.2) is 37.0 Å². The van der Waals surface area contributed by atoms with Crippen LogP contribution in [0.5, 0.6) is 0 Å². The number of allylic oxidation sites excluding steroid dienone is 1. The van der Waals surface area contributed by atoms with Gasteiger partial charge in [-0.3, -0.25) is 4.79 Å². The van der Waals surface area contributed by atoms with Crippen molar-refractivity contribution < 1.29 is 4.79 Å². The Bertz CT molecular complexity index is 850. The lowest BCUT2D eigenvalue weighted by Gasteiger charge is -2.35. The summed E-state index contributed by atoms with van der Waals surface area (Å²) in [6, 6.07) is 15.1. The van der Waals surface area contributed by atoms with Crippen LogP contribution in [0, 0.1) is 6.92 Å². The fraction of sp³-hybridized carbons (Fsp3) is 0.348. The van der Waals surface area contributed by atoms with Crippen molar-refractivity contribution in [2.24, 2.45) is 0 Å². The Balaban J connectivity index is 1.29. The topological polar surface area (TPSA) is 35.6 Å². The second-order valence-electron chi connectivity index (χ2n) is 7.49. The summed E-state index contributed by atoms with van der Waals surface area (Å²) in [4.78, 5) is 16.3. The van der Waals surface area contributed by atoms with Crippen LogP contribution in [0.3, 0.4) is 0 Å². The first-order valence-corrected chi connectivity index (χ1v) is 9.81. The molecule has 140 valence electrons. The first-order valence-electron chi connectivity index (χ1n) is 9.81. The Morgan fingerprint density at radius 2 is 1.89 bits per heavy atom. The van der Waals surface area contributed by atoms with Gasteiger partial charge in [-0.2, -0.15) is 0 Å². The number of rotatable bonds is 4. The number of aryl methyl sites for hydroxylation is 2. The zero-order valence-corrected chi connectivity index (χ0v) is 15.9. The van der Waals surface area contributed by atoms with Gasteiger partial charge in [0.1, 0.15) is 0 Å². The van der Waals surface area contributed by atoms with Crippen molar-refractivity contribution in [3.05, 3.63) is 71.4 Å². The molecule has 1 fully saturated rings. The summed E-state index contributed by atoms with van der Waals surface area (Å²) in [7, 11) is 0. The third-order valence-corrected chi connectivity index (χ3v) is 5.42. The van der Waals surface area contributed by atoms with Crippen LogP contribution >= 0.6 is 0 Å². The van der Waals surface area contributed by atoms with E-state index < -0.39 is 0 Å². The SMILES string of the molecule is Cc1cccc(N2CCN(/C=C/Cc3ccc4c(c3)CCC(=O)N4)CC2)c1. The number of carbonyl (C=O) groups excluding carboxylic acids is 1. The molecule has 4 nitrogen and oxygen atoms in total. The van der Waals surface area contributed by atoms with Gasteiger partial charge >= 0.3 is 0 Å². The molecule has 0 aromatic heterocycles. The molecular formula is C23H27N3O. The molecule has 4 heteroatoms. The van der Waals surface area contributed by atoms with Crippen molar-refractivity contribution in [3.63, 3.8) is 0 Å². The molecule has 2 aromatic rings. The second kappa shape index (κ2) is 7.87. The fourth-order valence-electron chi connectivity index (χ4n) is 3.86. The highest BCUT2D eigenvalue weighted by Gasteiger charge is 2.16. The van der Waals surface area contributed by atoms with Crippen LogP contribution in [0.25, 0.3) is 0 Å². The summed E-state index contributed by atoms with van der Waals surface area (Å²) in [5.41, 5.74) is 6.19. The summed E-state index contributed by atoms with van der Waals surface area (Å²) < 4.78 is 0. The maximum absolute atomic E-state index is 11.5. The van der Waals surface area contributed by atoms with E-state index in [2.05, 4.69) is 70.7 Å². The monoisotopic (exact) mass is 361 g/mol. The summed E-state index contributed by atoms with van der Waals surface area (Å²) in [5, 5.41) is 2.95.